The molecule has 0 aliphatic rings. The summed E-state index contributed by atoms with van der Waals surface area (Å²) >= 11 is 0. The molecular formula is C17H29N3O. The SMILES string of the molecule is CN=C(NCCCCOc1ccccc1)NC(C)C(C)C. The quantitative estimate of drug-likeness (QED) is 0.439. The normalized spacial score (nSPS) is 13.1. The highest BCUT2D eigenvalue weighted by molar-refractivity contribution is 5.79. The molecule has 1 unspecified atom stereocenters. The van der Waals surface area contributed by atoms with Crippen molar-refractivity contribution in [1.82, 2.24) is 10.6 Å². The van der Waals surface area contributed by atoms with Crippen molar-refractivity contribution in [1.29, 1.82) is 0 Å². The monoisotopic (exact) mass is 291 g/mol. The summed E-state index contributed by atoms with van der Waals surface area (Å²) in [7, 11) is 1.81. The molecule has 4 heteroatoms. The lowest BCUT2D eigenvalue weighted by atomic mass is 10.1. The fraction of sp³-hybridized carbons (Fsp3) is 0.588. The molecule has 0 saturated carbocycles. The maximum absolute atomic E-state index is 5.66. The van der Waals surface area contributed by atoms with E-state index in [0.29, 0.717) is 12.0 Å². The van der Waals surface area contributed by atoms with E-state index in [9.17, 15) is 0 Å². The van der Waals surface area contributed by atoms with Crippen LogP contribution in [0.2, 0.25) is 0 Å². The molecule has 0 amide bonds. The van der Waals surface area contributed by atoms with E-state index in [1.54, 1.807) is 7.05 Å². The zero-order valence-electron chi connectivity index (χ0n) is 13.7. The lowest BCUT2D eigenvalue weighted by Gasteiger charge is -2.20. The second-order valence-electron chi connectivity index (χ2n) is 5.54. The summed E-state index contributed by atoms with van der Waals surface area (Å²) in [5.74, 6) is 2.40. The molecule has 0 spiro atoms. The highest BCUT2D eigenvalue weighted by Crippen LogP contribution is 2.08. The van der Waals surface area contributed by atoms with E-state index < -0.39 is 0 Å². The van der Waals surface area contributed by atoms with Crippen LogP contribution in [0.5, 0.6) is 5.75 Å². The summed E-state index contributed by atoms with van der Waals surface area (Å²) in [5, 5.41) is 6.73. The number of benzene rings is 1. The van der Waals surface area contributed by atoms with Gasteiger partial charge in [-0.05, 0) is 37.8 Å². The number of guanidine groups is 1. The summed E-state index contributed by atoms with van der Waals surface area (Å²) in [6, 6.07) is 10.4. The van der Waals surface area contributed by atoms with Crippen molar-refractivity contribution in [3.63, 3.8) is 0 Å². The molecule has 0 aliphatic heterocycles. The largest absolute Gasteiger partial charge is 0.494 e. The third-order valence-electron chi connectivity index (χ3n) is 3.46. The van der Waals surface area contributed by atoms with Gasteiger partial charge in [-0.15, -0.1) is 0 Å². The van der Waals surface area contributed by atoms with Gasteiger partial charge in [0.25, 0.3) is 0 Å². The third-order valence-corrected chi connectivity index (χ3v) is 3.46. The van der Waals surface area contributed by atoms with Crippen molar-refractivity contribution in [3.8, 4) is 5.75 Å². The molecule has 4 nitrogen and oxygen atoms in total. The molecule has 1 aromatic carbocycles. The Balaban J connectivity index is 2.10. The van der Waals surface area contributed by atoms with Crippen molar-refractivity contribution in [2.24, 2.45) is 10.9 Å². The first-order valence-corrected chi connectivity index (χ1v) is 7.78. The van der Waals surface area contributed by atoms with Crippen LogP contribution >= 0.6 is 0 Å². The average Bonchev–Trinajstić information content (AvgIpc) is 2.50. The number of hydrogen-bond donors (Lipinski definition) is 2. The Kier molecular flexibility index (Phi) is 8.32. The highest BCUT2D eigenvalue weighted by atomic mass is 16.5. The third kappa shape index (κ3) is 7.59. The van der Waals surface area contributed by atoms with Crippen LogP contribution in [-0.4, -0.2) is 32.2 Å². The minimum Gasteiger partial charge on any atom is -0.494 e. The Morgan fingerprint density at radius 1 is 1.14 bits per heavy atom. The number of rotatable bonds is 8. The summed E-state index contributed by atoms with van der Waals surface area (Å²) in [6.07, 6.45) is 2.09. The van der Waals surface area contributed by atoms with Crippen LogP contribution in [0.15, 0.2) is 35.3 Å². The molecule has 2 N–H and O–H groups in total. The standard InChI is InChI=1S/C17H29N3O/c1-14(2)15(3)20-17(18-4)19-12-8-9-13-21-16-10-6-5-7-11-16/h5-7,10-11,14-15H,8-9,12-13H2,1-4H3,(H2,18,19,20). The van der Waals surface area contributed by atoms with Crippen molar-refractivity contribution in [2.45, 2.75) is 39.7 Å². The van der Waals surface area contributed by atoms with E-state index in [1.807, 2.05) is 30.3 Å². The van der Waals surface area contributed by atoms with Gasteiger partial charge >= 0.3 is 0 Å². The van der Waals surface area contributed by atoms with E-state index in [-0.39, 0.29) is 0 Å². The maximum Gasteiger partial charge on any atom is 0.191 e. The number of para-hydroxylation sites is 1. The Bertz CT molecular complexity index is 404. The van der Waals surface area contributed by atoms with Crippen LogP contribution in [0.3, 0.4) is 0 Å². The summed E-state index contributed by atoms with van der Waals surface area (Å²) in [5.41, 5.74) is 0. The lowest BCUT2D eigenvalue weighted by molar-refractivity contribution is 0.307. The topological polar surface area (TPSA) is 45.7 Å². The average molecular weight is 291 g/mol. The number of nitrogens with zero attached hydrogens (tertiary/aromatic N) is 1. The van der Waals surface area contributed by atoms with E-state index in [0.717, 1.165) is 37.7 Å². The van der Waals surface area contributed by atoms with Crippen molar-refractivity contribution in [2.75, 3.05) is 20.2 Å². The van der Waals surface area contributed by atoms with Gasteiger partial charge in [0.2, 0.25) is 0 Å². The molecule has 1 rings (SSSR count). The van der Waals surface area contributed by atoms with Gasteiger partial charge in [0.15, 0.2) is 5.96 Å². The molecule has 0 saturated heterocycles. The van der Waals surface area contributed by atoms with Crippen LogP contribution < -0.4 is 15.4 Å². The summed E-state index contributed by atoms with van der Waals surface area (Å²) < 4.78 is 5.66. The lowest BCUT2D eigenvalue weighted by Crippen LogP contribution is -2.44. The van der Waals surface area contributed by atoms with E-state index >= 15 is 0 Å². The Morgan fingerprint density at radius 2 is 1.86 bits per heavy atom. The number of hydrogen-bond acceptors (Lipinski definition) is 2. The molecule has 1 aromatic rings. The van der Waals surface area contributed by atoms with Crippen molar-refractivity contribution in [3.05, 3.63) is 30.3 Å². The number of unbranched alkanes of at least 4 members (excludes halogenated alkanes) is 1. The summed E-state index contributed by atoms with van der Waals surface area (Å²) in [6.45, 7) is 8.23. The Labute approximate surface area is 129 Å². The fourth-order valence-corrected chi connectivity index (χ4v) is 1.72. The van der Waals surface area contributed by atoms with Gasteiger partial charge in [-0.25, -0.2) is 0 Å². The number of ether oxygens (including phenoxy) is 1. The molecule has 0 radical (unpaired) electrons. The van der Waals surface area contributed by atoms with Gasteiger partial charge in [-0.2, -0.15) is 0 Å². The van der Waals surface area contributed by atoms with Crippen molar-refractivity contribution < 1.29 is 4.74 Å². The van der Waals surface area contributed by atoms with E-state index in [4.69, 9.17) is 4.74 Å². The van der Waals surface area contributed by atoms with E-state index in [1.165, 1.54) is 0 Å². The maximum atomic E-state index is 5.66. The van der Waals surface area contributed by atoms with Crippen LogP contribution in [0.25, 0.3) is 0 Å². The Morgan fingerprint density at radius 3 is 2.48 bits per heavy atom. The van der Waals surface area contributed by atoms with Crippen LogP contribution in [0, 0.1) is 5.92 Å². The molecule has 0 bridgehead atoms. The predicted molar refractivity (Wildman–Crippen MR) is 90.0 cm³/mol. The number of nitrogens with one attached hydrogen (secondary N) is 2. The van der Waals surface area contributed by atoms with Crippen molar-refractivity contribution >= 4 is 5.96 Å². The fourth-order valence-electron chi connectivity index (χ4n) is 1.72. The molecule has 1 atom stereocenters. The highest BCUT2D eigenvalue weighted by Gasteiger charge is 2.08. The van der Waals surface area contributed by atoms with Crippen LogP contribution in [-0.2, 0) is 0 Å². The van der Waals surface area contributed by atoms with Gasteiger partial charge in [0.1, 0.15) is 5.75 Å². The first kappa shape index (κ1) is 17.3. The molecule has 0 aliphatic carbocycles. The molecular weight excluding hydrogens is 262 g/mol. The first-order valence-electron chi connectivity index (χ1n) is 7.78. The Hall–Kier alpha value is -1.71. The van der Waals surface area contributed by atoms with Gasteiger partial charge in [0, 0.05) is 19.6 Å². The predicted octanol–water partition coefficient (Wildman–Crippen LogP) is 3.06. The zero-order chi connectivity index (χ0) is 15.5. The second kappa shape index (κ2) is 10.1. The zero-order valence-corrected chi connectivity index (χ0v) is 13.7. The van der Waals surface area contributed by atoms with Gasteiger partial charge in [-0.1, -0.05) is 32.0 Å². The smallest absolute Gasteiger partial charge is 0.191 e. The first-order chi connectivity index (χ1) is 10.1. The van der Waals surface area contributed by atoms with Gasteiger partial charge in [-0.3, -0.25) is 4.99 Å². The number of aliphatic imine (C=N–C) groups is 1. The second-order valence-corrected chi connectivity index (χ2v) is 5.54. The van der Waals surface area contributed by atoms with Gasteiger partial charge in [0.05, 0.1) is 6.61 Å². The molecule has 0 fully saturated rings. The minimum atomic E-state index is 0.414. The molecule has 0 aromatic heterocycles. The minimum absolute atomic E-state index is 0.414. The van der Waals surface area contributed by atoms with Crippen LogP contribution in [0.1, 0.15) is 33.6 Å². The van der Waals surface area contributed by atoms with Crippen LogP contribution in [0.4, 0.5) is 0 Å². The van der Waals surface area contributed by atoms with Gasteiger partial charge < -0.3 is 15.4 Å². The molecule has 21 heavy (non-hydrogen) atoms. The molecule has 0 heterocycles. The van der Waals surface area contributed by atoms with E-state index in [2.05, 4.69) is 36.4 Å². The molecule has 118 valence electrons. The summed E-state index contributed by atoms with van der Waals surface area (Å²) in [4.78, 5) is 4.24.